The fourth-order valence-electron chi connectivity index (χ4n) is 4.97. The molecule has 0 radical (unpaired) electrons. The number of hydrogen-bond donors (Lipinski definition) is 1. The molecule has 0 aromatic heterocycles. The zero-order valence-electron chi connectivity index (χ0n) is 24.3. The average molecular weight is 605 g/mol. The van der Waals surface area contributed by atoms with Crippen molar-refractivity contribution < 1.29 is 23.4 Å². The first-order valence-electron chi connectivity index (χ1n) is 14.1. The standard InChI is InChI=1S/C28H23ClNO4P.C6H15N/c29-26-21-25(17-18-27(26)34-35(31,32)33-20-10-19-30)28(22-11-4-1-5-12-22,23-13-6-2-7-14-23)24-15-8-3-9-16-24;1-4-7(5-2)6-3/h1-9,11-18,21H,10,20H2,(H,31,32);4-6H2,1-3H3. The van der Waals surface area contributed by atoms with E-state index in [0.29, 0.717) is 0 Å². The molecular formula is C34H38ClN2O4P. The van der Waals surface area contributed by atoms with E-state index in [0.717, 1.165) is 22.3 Å². The van der Waals surface area contributed by atoms with Crippen molar-refractivity contribution >= 4 is 19.4 Å². The summed E-state index contributed by atoms with van der Waals surface area (Å²) in [4.78, 5) is 13.9. The van der Waals surface area contributed by atoms with Gasteiger partial charge < -0.3 is 18.8 Å². The van der Waals surface area contributed by atoms with Gasteiger partial charge in [-0.2, -0.15) is 5.26 Å². The third-order valence-corrected chi connectivity index (χ3v) is 8.37. The highest BCUT2D eigenvalue weighted by Crippen LogP contribution is 2.48. The van der Waals surface area contributed by atoms with Crippen molar-refractivity contribution in [3.63, 3.8) is 0 Å². The highest BCUT2D eigenvalue weighted by atomic mass is 35.5. The molecule has 220 valence electrons. The summed E-state index contributed by atoms with van der Waals surface area (Å²) in [5.74, 6) is -0.0474. The minimum Gasteiger partial charge on any atom is -0.746 e. The van der Waals surface area contributed by atoms with Crippen LogP contribution >= 0.6 is 19.4 Å². The topological polar surface area (TPSA) is 86.8 Å². The Morgan fingerprint density at radius 3 is 1.60 bits per heavy atom. The number of phosphoric acid groups is 1. The van der Waals surface area contributed by atoms with E-state index in [9.17, 15) is 9.46 Å². The number of hydrogen-bond acceptors (Lipinski definition) is 5. The molecule has 0 aliphatic heterocycles. The molecule has 4 rings (SSSR count). The summed E-state index contributed by atoms with van der Waals surface area (Å²) in [5, 5.41) is 8.72. The molecule has 4 aromatic carbocycles. The maximum Gasteiger partial charge on any atom is 0.319 e. The molecule has 0 heterocycles. The van der Waals surface area contributed by atoms with Crippen LogP contribution in [0.1, 0.15) is 49.4 Å². The van der Waals surface area contributed by atoms with Crippen molar-refractivity contribution in [3.05, 3.63) is 136 Å². The molecule has 8 heteroatoms. The van der Waals surface area contributed by atoms with Gasteiger partial charge in [0.05, 0.1) is 49.2 Å². The van der Waals surface area contributed by atoms with Crippen molar-refractivity contribution in [2.75, 3.05) is 26.2 Å². The number of benzene rings is 4. The lowest BCUT2D eigenvalue weighted by molar-refractivity contribution is -0.894. The third kappa shape index (κ3) is 8.32. The van der Waals surface area contributed by atoms with Crippen LogP contribution in [0.4, 0.5) is 0 Å². The summed E-state index contributed by atoms with van der Waals surface area (Å²) in [6, 6.07) is 37.1. The minimum absolute atomic E-state index is 0.0474. The first-order chi connectivity index (χ1) is 20.3. The Balaban J connectivity index is 0.000000616. The molecule has 4 aromatic rings. The van der Waals surface area contributed by atoms with Crippen LogP contribution in [-0.4, -0.2) is 26.2 Å². The van der Waals surface area contributed by atoms with Gasteiger partial charge in [-0.1, -0.05) is 109 Å². The van der Waals surface area contributed by atoms with Gasteiger partial charge in [-0.25, -0.2) is 0 Å². The summed E-state index contributed by atoms with van der Waals surface area (Å²) in [6.45, 7) is 10.2. The van der Waals surface area contributed by atoms with Crippen LogP contribution in [-0.2, 0) is 14.5 Å². The second-order valence-electron chi connectivity index (χ2n) is 9.58. The number of nitrogens with one attached hydrogen (secondary N) is 1. The zero-order valence-corrected chi connectivity index (χ0v) is 26.0. The van der Waals surface area contributed by atoms with Crippen LogP contribution in [0.25, 0.3) is 0 Å². The first-order valence-corrected chi connectivity index (χ1v) is 16.0. The Morgan fingerprint density at radius 2 is 1.24 bits per heavy atom. The number of quaternary nitrogens is 1. The fraction of sp³-hybridized carbons (Fsp3) is 0.265. The van der Waals surface area contributed by atoms with Gasteiger partial charge >= 0.3 is 7.82 Å². The molecule has 42 heavy (non-hydrogen) atoms. The van der Waals surface area contributed by atoms with Crippen LogP contribution in [0.2, 0.25) is 5.02 Å². The molecule has 0 aliphatic rings. The molecule has 1 atom stereocenters. The lowest BCUT2D eigenvalue weighted by Gasteiger charge is -2.37. The summed E-state index contributed by atoms with van der Waals surface area (Å²) >= 11 is 6.57. The molecule has 0 spiro atoms. The van der Waals surface area contributed by atoms with Gasteiger partial charge in [-0.3, -0.25) is 4.57 Å². The van der Waals surface area contributed by atoms with Crippen molar-refractivity contribution in [2.45, 2.75) is 32.6 Å². The van der Waals surface area contributed by atoms with Gasteiger partial charge in [0.1, 0.15) is 5.75 Å². The van der Waals surface area contributed by atoms with Gasteiger partial charge in [0.15, 0.2) is 0 Å². The smallest absolute Gasteiger partial charge is 0.319 e. The van der Waals surface area contributed by atoms with Crippen LogP contribution < -0.4 is 14.3 Å². The Kier molecular flexibility index (Phi) is 12.8. The van der Waals surface area contributed by atoms with Crippen LogP contribution in [0.15, 0.2) is 109 Å². The largest absolute Gasteiger partial charge is 0.746 e. The van der Waals surface area contributed by atoms with Crippen LogP contribution in [0.5, 0.6) is 5.75 Å². The van der Waals surface area contributed by atoms with Gasteiger partial charge in [-0.05, 0) is 55.2 Å². The van der Waals surface area contributed by atoms with Crippen molar-refractivity contribution in [3.8, 4) is 11.8 Å². The van der Waals surface area contributed by atoms with Gasteiger partial charge in [0.2, 0.25) is 0 Å². The molecule has 1 unspecified atom stereocenters. The van der Waals surface area contributed by atoms with Gasteiger partial charge in [0.25, 0.3) is 0 Å². The van der Waals surface area contributed by atoms with E-state index in [-0.39, 0.29) is 23.8 Å². The van der Waals surface area contributed by atoms with E-state index in [2.05, 4.69) is 57.2 Å². The number of halogens is 1. The quantitative estimate of drug-likeness (QED) is 0.114. The predicted molar refractivity (Wildman–Crippen MR) is 167 cm³/mol. The molecule has 0 aliphatic carbocycles. The predicted octanol–water partition coefficient (Wildman–Crippen LogP) is 6.43. The molecular weight excluding hydrogens is 567 g/mol. The van der Waals surface area contributed by atoms with E-state index in [1.165, 1.54) is 25.7 Å². The molecule has 0 fully saturated rings. The summed E-state index contributed by atoms with van der Waals surface area (Å²) in [7, 11) is -4.69. The second kappa shape index (κ2) is 16.3. The number of nitriles is 1. The minimum atomic E-state index is -4.69. The van der Waals surface area contributed by atoms with E-state index in [4.69, 9.17) is 25.9 Å². The van der Waals surface area contributed by atoms with Crippen molar-refractivity contribution in [2.24, 2.45) is 0 Å². The van der Waals surface area contributed by atoms with Crippen LogP contribution in [0, 0.1) is 11.3 Å². The van der Waals surface area contributed by atoms with E-state index >= 15 is 0 Å². The third-order valence-electron chi connectivity index (χ3n) is 7.16. The average Bonchev–Trinajstić information content (AvgIpc) is 3.02. The summed E-state index contributed by atoms with van der Waals surface area (Å²) < 4.78 is 22.0. The first kappa shape index (κ1) is 33.1. The summed E-state index contributed by atoms with van der Waals surface area (Å²) in [6.07, 6.45) is -0.0734. The Hall–Kier alpha value is -3.43. The zero-order chi connectivity index (χ0) is 30.4. The fourth-order valence-corrected chi connectivity index (χ4v) is 6.01. The monoisotopic (exact) mass is 604 g/mol. The highest BCUT2D eigenvalue weighted by Gasteiger charge is 2.38. The molecule has 0 saturated carbocycles. The maximum absolute atomic E-state index is 12.2. The van der Waals surface area contributed by atoms with E-state index in [1.807, 2.05) is 66.7 Å². The van der Waals surface area contributed by atoms with Gasteiger partial charge in [-0.15, -0.1) is 0 Å². The number of nitrogens with zero attached hydrogens (tertiary/aromatic N) is 1. The Bertz CT molecular complexity index is 1360. The SMILES string of the molecule is CC[NH+](CC)CC.N#CCCOP(=O)([O-])Oc1ccc(C(c2ccccc2)(c2ccccc2)c2ccccc2)cc1Cl. The Morgan fingerprint density at radius 1 is 0.786 bits per heavy atom. The molecule has 0 amide bonds. The van der Waals surface area contributed by atoms with E-state index < -0.39 is 13.2 Å². The molecule has 1 N–H and O–H groups in total. The maximum atomic E-state index is 12.2. The lowest BCUT2D eigenvalue weighted by Crippen LogP contribution is -3.11. The molecule has 0 saturated heterocycles. The molecule has 6 nitrogen and oxygen atoms in total. The lowest BCUT2D eigenvalue weighted by atomic mass is 9.65. The van der Waals surface area contributed by atoms with Crippen molar-refractivity contribution in [1.82, 2.24) is 0 Å². The molecule has 0 bridgehead atoms. The summed E-state index contributed by atoms with van der Waals surface area (Å²) in [5.41, 5.74) is 3.19. The van der Waals surface area contributed by atoms with E-state index in [1.54, 1.807) is 11.0 Å². The highest BCUT2D eigenvalue weighted by molar-refractivity contribution is 7.46. The second-order valence-corrected chi connectivity index (χ2v) is 11.3. The number of rotatable bonds is 12. The Labute approximate surface area is 254 Å². The number of phosphoric ester groups is 1. The van der Waals surface area contributed by atoms with Crippen LogP contribution in [0.3, 0.4) is 0 Å². The van der Waals surface area contributed by atoms with Gasteiger partial charge in [0, 0.05) is 0 Å². The van der Waals surface area contributed by atoms with Crippen molar-refractivity contribution in [1.29, 1.82) is 5.26 Å². The normalized spacial score (nSPS) is 12.5.